The van der Waals surface area contributed by atoms with Gasteiger partial charge in [0.2, 0.25) is 11.1 Å². The maximum Gasteiger partial charge on any atom is 0.230 e. The number of aryl methyl sites for hydroxylation is 3. The van der Waals surface area contributed by atoms with Crippen molar-refractivity contribution < 1.29 is 4.79 Å². The number of benzene rings is 1. The van der Waals surface area contributed by atoms with Gasteiger partial charge in [-0.1, -0.05) is 23.4 Å². The van der Waals surface area contributed by atoms with Crippen LogP contribution in [0, 0.1) is 13.8 Å². The quantitative estimate of drug-likeness (QED) is 0.665. The number of H-pyrrole nitrogens is 1. The van der Waals surface area contributed by atoms with E-state index in [0.29, 0.717) is 17.5 Å². The largest absolute Gasteiger partial charge is 0.358 e. The summed E-state index contributed by atoms with van der Waals surface area (Å²) >= 11 is 1.33. The van der Waals surface area contributed by atoms with Gasteiger partial charge in [-0.3, -0.25) is 4.79 Å². The summed E-state index contributed by atoms with van der Waals surface area (Å²) in [5, 5.41) is 16.0. The van der Waals surface area contributed by atoms with Crippen LogP contribution in [0.5, 0.6) is 0 Å². The van der Waals surface area contributed by atoms with Crippen molar-refractivity contribution in [3.63, 3.8) is 0 Å². The van der Waals surface area contributed by atoms with E-state index in [1.165, 1.54) is 28.3 Å². The molecule has 8 heteroatoms. The topological polar surface area (TPSA) is 88.5 Å². The second kappa shape index (κ2) is 7.04. The smallest absolute Gasteiger partial charge is 0.230 e. The van der Waals surface area contributed by atoms with E-state index < -0.39 is 0 Å². The van der Waals surface area contributed by atoms with Crippen LogP contribution >= 0.6 is 11.8 Å². The molecule has 0 saturated heterocycles. The van der Waals surface area contributed by atoms with E-state index in [9.17, 15) is 4.79 Å². The Kier molecular flexibility index (Phi) is 4.84. The standard InChI is InChI=1S/C16H20N6OS/c1-10-4-5-14-13(8-10)12(11(2)18-14)6-7-17-15(23)9-24-16-19-20-21-22(16)3/h4-5,8,18H,6-7,9H2,1-3H3,(H,17,23). The maximum absolute atomic E-state index is 12.0. The minimum Gasteiger partial charge on any atom is -0.358 e. The number of fused-ring (bicyclic) bond motifs is 1. The molecule has 0 aliphatic carbocycles. The van der Waals surface area contributed by atoms with Crippen LogP contribution in [0.15, 0.2) is 23.4 Å². The van der Waals surface area contributed by atoms with Crippen molar-refractivity contribution in [2.24, 2.45) is 7.05 Å². The lowest BCUT2D eigenvalue weighted by atomic mass is 10.1. The van der Waals surface area contributed by atoms with Crippen LogP contribution in [0.25, 0.3) is 10.9 Å². The van der Waals surface area contributed by atoms with Crippen molar-refractivity contribution in [3.8, 4) is 0 Å². The summed E-state index contributed by atoms with van der Waals surface area (Å²) in [6.45, 7) is 4.77. The number of nitrogens with zero attached hydrogens (tertiary/aromatic N) is 4. The first-order chi connectivity index (χ1) is 11.5. The van der Waals surface area contributed by atoms with Crippen molar-refractivity contribution >= 4 is 28.6 Å². The predicted octanol–water partition coefficient (Wildman–Crippen LogP) is 1.76. The molecule has 3 aromatic rings. The highest BCUT2D eigenvalue weighted by atomic mass is 32.2. The molecule has 2 N–H and O–H groups in total. The molecule has 0 aliphatic heterocycles. The summed E-state index contributed by atoms with van der Waals surface area (Å²) < 4.78 is 1.55. The van der Waals surface area contributed by atoms with Gasteiger partial charge in [-0.2, -0.15) is 0 Å². The van der Waals surface area contributed by atoms with Gasteiger partial charge in [0.05, 0.1) is 5.75 Å². The maximum atomic E-state index is 12.0. The van der Waals surface area contributed by atoms with Gasteiger partial charge in [0.25, 0.3) is 0 Å². The number of rotatable bonds is 6. The number of aromatic amines is 1. The zero-order valence-corrected chi connectivity index (χ0v) is 14.8. The van der Waals surface area contributed by atoms with E-state index in [0.717, 1.165) is 17.6 Å². The van der Waals surface area contributed by atoms with Gasteiger partial charge in [0.1, 0.15) is 0 Å². The molecule has 0 atom stereocenters. The monoisotopic (exact) mass is 344 g/mol. The summed E-state index contributed by atoms with van der Waals surface area (Å²) in [7, 11) is 1.75. The number of carbonyl (C=O) groups excluding carboxylic acids is 1. The normalized spacial score (nSPS) is 11.1. The minimum absolute atomic E-state index is 0.0170. The molecule has 2 heterocycles. The van der Waals surface area contributed by atoms with Crippen LogP contribution in [0.3, 0.4) is 0 Å². The first kappa shape index (κ1) is 16.5. The molecule has 3 rings (SSSR count). The molecule has 0 aliphatic rings. The van der Waals surface area contributed by atoms with E-state index in [1.807, 2.05) is 0 Å². The van der Waals surface area contributed by atoms with Crippen molar-refractivity contribution in [2.75, 3.05) is 12.3 Å². The number of thioether (sulfide) groups is 1. The van der Waals surface area contributed by atoms with Crippen molar-refractivity contribution in [3.05, 3.63) is 35.0 Å². The summed E-state index contributed by atoms with van der Waals surface area (Å²) in [6, 6.07) is 6.39. The van der Waals surface area contributed by atoms with Gasteiger partial charge in [-0.15, -0.1) is 5.10 Å². The highest BCUT2D eigenvalue weighted by Crippen LogP contribution is 2.23. The molecular weight excluding hydrogens is 324 g/mol. The van der Waals surface area contributed by atoms with Gasteiger partial charge >= 0.3 is 0 Å². The van der Waals surface area contributed by atoms with Crippen molar-refractivity contribution in [1.82, 2.24) is 30.5 Å². The lowest BCUT2D eigenvalue weighted by molar-refractivity contribution is -0.118. The number of hydrogen-bond acceptors (Lipinski definition) is 5. The van der Waals surface area contributed by atoms with E-state index in [2.05, 4.69) is 57.9 Å². The molecule has 2 aromatic heterocycles. The highest BCUT2D eigenvalue weighted by molar-refractivity contribution is 7.99. The Balaban J connectivity index is 1.55. The fraction of sp³-hybridized carbons (Fsp3) is 0.375. The molecule has 0 bridgehead atoms. The van der Waals surface area contributed by atoms with Gasteiger partial charge in [0, 0.05) is 30.2 Å². The number of nitrogens with one attached hydrogen (secondary N) is 2. The lowest BCUT2D eigenvalue weighted by Gasteiger charge is -2.05. The summed E-state index contributed by atoms with van der Waals surface area (Å²) in [5.41, 5.74) is 4.80. The van der Waals surface area contributed by atoms with Crippen molar-refractivity contribution in [2.45, 2.75) is 25.4 Å². The van der Waals surface area contributed by atoms with E-state index in [-0.39, 0.29) is 5.91 Å². The molecule has 1 aromatic carbocycles. The zero-order chi connectivity index (χ0) is 17.1. The van der Waals surface area contributed by atoms with Gasteiger partial charge in [0.15, 0.2) is 0 Å². The Bertz CT molecular complexity index is 869. The highest BCUT2D eigenvalue weighted by Gasteiger charge is 2.10. The molecule has 0 spiro atoms. The minimum atomic E-state index is -0.0170. The predicted molar refractivity (Wildman–Crippen MR) is 94.0 cm³/mol. The van der Waals surface area contributed by atoms with Crippen LogP contribution in [0.4, 0.5) is 0 Å². The number of amides is 1. The van der Waals surface area contributed by atoms with Gasteiger partial charge < -0.3 is 10.3 Å². The molecule has 0 saturated carbocycles. The fourth-order valence-corrected chi connectivity index (χ4v) is 3.35. The van der Waals surface area contributed by atoms with Crippen LogP contribution in [0.2, 0.25) is 0 Å². The molecule has 0 fully saturated rings. The Morgan fingerprint density at radius 3 is 2.96 bits per heavy atom. The number of tetrazole rings is 1. The molecule has 7 nitrogen and oxygen atoms in total. The molecule has 24 heavy (non-hydrogen) atoms. The van der Waals surface area contributed by atoms with Gasteiger partial charge in [-0.05, 0) is 48.4 Å². The Labute approximate surface area is 144 Å². The SMILES string of the molecule is Cc1ccc2[nH]c(C)c(CCNC(=O)CSc3nnnn3C)c2c1. The second-order valence-corrected chi connectivity index (χ2v) is 6.69. The fourth-order valence-electron chi connectivity index (χ4n) is 2.67. The third-order valence-electron chi connectivity index (χ3n) is 3.89. The molecule has 0 radical (unpaired) electrons. The number of hydrogen-bond donors (Lipinski definition) is 2. The third kappa shape index (κ3) is 3.59. The van der Waals surface area contributed by atoms with Crippen LogP contribution in [-0.2, 0) is 18.3 Å². The first-order valence-electron chi connectivity index (χ1n) is 7.74. The average Bonchev–Trinajstić information content (AvgIpc) is 3.09. The lowest BCUT2D eigenvalue weighted by Crippen LogP contribution is -2.27. The molecule has 126 valence electrons. The number of carbonyl (C=O) groups is 1. The Morgan fingerprint density at radius 2 is 2.21 bits per heavy atom. The molecule has 1 amide bonds. The average molecular weight is 344 g/mol. The number of aromatic nitrogens is 5. The molecular formula is C16H20N6OS. The first-order valence-corrected chi connectivity index (χ1v) is 8.73. The van der Waals surface area contributed by atoms with Crippen LogP contribution in [0.1, 0.15) is 16.8 Å². The van der Waals surface area contributed by atoms with Gasteiger partial charge in [-0.25, -0.2) is 4.68 Å². The van der Waals surface area contributed by atoms with Crippen LogP contribution in [-0.4, -0.2) is 43.4 Å². The van der Waals surface area contributed by atoms with E-state index in [4.69, 9.17) is 0 Å². The Hall–Kier alpha value is -2.35. The van der Waals surface area contributed by atoms with E-state index in [1.54, 1.807) is 11.7 Å². The zero-order valence-electron chi connectivity index (χ0n) is 14.0. The van der Waals surface area contributed by atoms with Crippen LogP contribution < -0.4 is 5.32 Å². The second-order valence-electron chi connectivity index (χ2n) is 5.75. The summed E-state index contributed by atoms with van der Waals surface area (Å²) in [4.78, 5) is 15.4. The summed E-state index contributed by atoms with van der Waals surface area (Å²) in [6.07, 6.45) is 0.803. The summed E-state index contributed by atoms with van der Waals surface area (Å²) in [5.74, 6) is 0.289. The Morgan fingerprint density at radius 1 is 1.38 bits per heavy atom. The molecule has 0 unspecified atom stereocenters. The third-order valence-corrected chi connectivity index (χ3v) is 4.90. The van der Waals surface area contributed by atoms with E-state index >= 15 is 0 Å². The van der Waals surface area contributed by atoms with Crippen molar-refractivity contribution in [1.29, 1.82) is 0 Å².